The van der Waals surface area contributed by atoms with Crippen molar-refractivity contribution >= 4 is 23.5 Å². The Balaban J connectivity index is 2.24. The lowest BCUT2D eigenvalue weighted by Crippen LogP contribution is -2.18. The predicted octanol–water partition coefficient (Wildman–Crippen LogP) is 3.21. The molecule has 7 nitrogen and oxygen atoms in total. The highest BCUT2D eigenvalue weighted by Gasteiger charge is 2.26. The van der Waals surface area contributed by atoms with Crippen molar-refractivity contribution in [3.8, 4) is 0 Å². The number of rotatable bonds is 8. The van der Waals surface area contributed by atoms with Gasteiger partial charge in [-0.05, 0) is 39.7 Å². The second kappa shape index (κ2) is 9.03. The molecular formula is C19H25N3O4S. The molecule has 2 aromatic rings. The molecule has 0 unspecified atom stereocenters. The van der Waals surface area contributed by atoms with Crippen LogP contribution in [-0.2, 0) is 11.2 Å². The zero-order valence-corrected chi connectivity index (χ0v) is 17.1. The Kier molecular flexibility index (Phi) is 7.01. The van der Waals surface area contributed by atoms with Crippen molar-refractivity contribution in [1.29, 1.82) is 0 Å². The maximum Gasteiger partial charge on any atom is 0.340 e. The molecule has 0 bridgehead atoms. The first kappa shape index (κ1) is 21.0. The Morgan fingerprint density at radius 2 is 1.96 bits per heavy atom. The van der Waals surface area contributed by atoms with E-state index in [0.717, 1.165) is 6.42 Å². The average Bonchev–Trinajstić information content (AvgIpc) is 2.88. The van der Waals surface area contributed by atoms with Crippen molar-refractivity contribution in [2.75, 3.05) is 6.61 Å². The quantitative estimate of drug-likeness (QED) is 0.310. The lowest BCUT2D eigenvalue weighted by atomic mass is 10.1. The van der Waals surface area contributed by atoms with Crippen LogP contribution < -0.4 is 5.56 Å². The number of Topliss-reactive ketones (excluding diaryl/α,β-unsaturated/α-hetero) is 1. The number of aryl methyl sites for hydroxylation is 2. The van der Waals surface area contributed by atoms with Gasteiger partial charge in [0.15, 0.2) is 10.9 Å². The van der Waals surface area contributed by atoms with Gasteiger partial charge in [0.05, 0.1) is 23.1 Å². The van der Waals surface area contributed by atoms with E-state index in [1.54, 1.807) is 27.7 Å². The summed E-state index contributed by atoms with van der Waals surface area (Å²) in [7, 11) is 0. The number of carbonyl (C=O) groups excluding carboxylic acids is 2. The van der Waals surface area contributed by atoms with E-state index in [4.69, 9.17) is 4.74 Å². The maximum absolute atomic E-state index is 12.9. The first-order valence-electron chi connectivity index (χ1n) is 8.95. The van der Waals surface area contributed by atoms with Gasteiger partial charge in [-0.25, -0.2) is 9.78 Å². The zero-order valence-electron chi connectivity index (χ0n) is 16.3. The lowest BCUT2D eigenvalue weighted by Gasteiger charge is -2.10. The second-order valence-corrected chi connectivity index (χ2v) is 7.59. The summed E-state index contributed by atoms with van der Waals surface area (Å²) in [4.78, 5) is 46.9. The molecule has 0 fully saturated rings. The highest BCUT2D eigenvalue weighted by molar-refractivity contribution is 8.00. The fourth-order valence-electron chi connectivity index (χ4n) is 2.85. The number of hydrogen-bond acceptors (Lipinski definition) is 6. The van der Waals surface area contributed by atoms with Crippen molar-refractivity contribution in [2.24, 2.45) is 0 Å². The third-order valence-corrected chi connectivity index (χ3v) is 5.08. The summed E-state index contributed by atoms with van der Waals surface area (Å²) in [5, 5.41) is -0.0739. The van der Waals surface area contributed by atoms with Crippen LogP contribution in [-0.4, -0.2) is 38.6 Å². The van der Waals surface area contributed by atoms with E-state index in [9.17, 15) is 14.4 Å². The number of hydrogen-bond donors (Lipinski definition) is 2. The smallest absolute Gasteiger partial charge is 0.340 e. The molecule has 0 saturated carbocycles. The highest BCUT2D eigenvalue weighted by Crippen LogP contribution is 2.26. The molecule has 0 amide bonds. The van der Waals surface area contributed by atoms with E-state index in [1.165, 1.54) is 17.8 Å². The van der Waals surface area contributed by atoms with Crippen LogP contribution in [0.25, 0.3) is 0 Å². The minimum absolute atomic E-state index is 0.167. The normalized spacial score (nSPS) is 12.0. The molecule has 0 spiro atoms. The van der Waals surface area contributed by atoms with Crippen molar-refractivity contribution in [3.63, 3.8) is 0 Å². The minimum atomic E-state index is -0.489. The molecule has 0 saturated heterocycles. The Bertz CT molecular complexity index is 901. The standard InChI is InChI=1S/C19H25N3O4S/c1-6-8-13-9-14(23)22-19(21-13)27-12(5)17(24)16-10(3)15(11(4)20-16)18(25)26-7-2/h9,12,20H,6-8H2,1-5H3,(H,21,22,23)/t12-/m0/s1. The third-order valence-electron chi connectivity index (χ3n) is 4.10. The van der Waals surface area contributed by atoms with Crippen LogP contribution in [0.5, 0.6) is 0 Å². The summed E-state index contributed by atoms with van der Waals surface area (Å²) < 4.78 is 5.06. The van der Waals surface area contributed by atoms with Gasteiger partial charge in [0.2, 0.25) is 0 Å². The number of thioether (sulfide) groups is 1. The van der Waals surface area contributed by atoms with Crippen molar-refractivity contribution in [2.45, 2.75) is 57.9 Å². The van der Waals surface area contributed by atoms with Crippen molar-refractivity contribution in [3.05, 3.63) is 44.6 Å². The van der Waals surface area contributed by atoms with Crippen LogP contribution in [0, 0.1) is 13.8 Å². The van der Waals surface area contributed by atoms with Crippen LogP contribution in [0.4, 0.5) is 0 Å². The van der Waals surface area contributed by atoms with E-state index >= 15 is 0 Å². The van der Waals surface area contributed by atoms with Crippen LogP contribution in [0.15, 0.2) is 16.0 Å². The van der Waals surface area contributed by atoms with Crippen molar-refractivity contribution in [1.82, 2.24) is 15.0 Å². The molecule has 0 aliphatic carbocycles. The predicted molar refractivity (Wildman–Crippen MR) is 105 cm³/mol. The summed E-state index contributed by atoms with van der Waals surface area (Å²) in [5.74, 6) is -0.610. The third kappa shape index (κ3) is 4.88. The van der Waals surface area contributed by atoms with Gasteiger partial charge in [-0.1, -0.05) is 25.1 Å². The minimum Gasteiger partial charge on any atom is -0.462 e. The molecule has 146 valence electrons. The zero-order chi connectivity index (χ0) is 20.1. The first-order valence-corrected chi connectivity index (χ1v) is 9.83. The topological polar surface area (TPSA) is 105 Å². The molecule has 0 aliphatic heterocycles. The molecule has 0 radical (unpaired) electrons. The molecule has 0 aromatic carbocycles. The molecule has 1 atom stereocenters. The second-order valence-electron chi connectivity index (χ2n) is 6.26. The number of aromatic amines is 2. The first-order chi connectivity index (χ1) is 12.8. The largest absolute Gasteiger partial charge is 0.462 e. The molecule has 2 heterocycles. The molecule has 2 aromatic heterocycles. The number of carbonyl (C=O) groups is 2. The van der Waals surface area contributed by atoms with Crippen LogP contribution >= 0.6 is 11.8 Å². The average molecular weight is 391 g/mol. The van der Waals surface area contributed by atoms with Crippen LogP contribution in [0.2, 0.25) is 0 Å². The van der Waals surface area contributed by atoms with E-state index in [-0.39, 0.29) is 17.9 Å². The van der Waals surface area contributed by atoms with Gasteiger partial charge in [0.25, 0.3) is 5.56 Å². The Morgan fingerprint density at radius 1 is 1.26 bits per heavy atom. The molecule has 27 heavy (non-hydrogen) atoms. The van der Waals surface area contributed by atoms with Gasteiger partial charge in [0.1, 0.15) is 0 Å². The Hall–Kier alpha value is -2.35. The number of nitrogens with one attached hydrogen (secondary N) is 2. The van der Waals surface area contributed by atoms with Gasteiger partial charge < -0.3 is 14.7 Å². The highest BCUT2D eigenvalue weighted by atomic mass is 32.2. The van der Waals surface area contributed by atoms with Crippen molar-refractivity contribution < 1.29 is 14.3 Å². The lowest BCUT2D eigenvalue weighted by molar-refractivity contribution is 0.0525. The van der Waals surface area contributed by atoms with Gasteiger partial charge in [-0.15, -0.1) is 0 Å². The fraction of sp³-hybridized carbons (Fsp3) is 0.474. The fourth-order valence-corrected chi connectivity index (χ4v) is 3.74. The molecule has 8 heteroatoms. The summed E-state index contributed by atoms with van der Waals surface area (Å²) in [5.41, 5.74) is 2.43. The van der Waals surface area contributed by atoms with Gasteiger partial charge in [-0.2, -0.15) is 0 Å². The Labute approximate surface area is 162 Å². The van der Waals surface area contributed by atoms with Gasteiger partial charge >= 0.3 is 5.97 Å². The van der Waals surface area contributed by atoms with Gasteiger partial charge in [-0.3, -0.25) is 9.59 Å². The van der Waals surface area contributed by atoms with Crippen LogP contribution in [0.1, 0.15) is 65.0 Å². The number of nitrogens with zero attached hydrogens (tertiary/aromatic N) is 1. The molecule has 0 aliphatic rings. The monoisotopic (exact) mass is 391 g/mol. The van der Waals surface area contributed by atoms with E-state index in [2.05, 4.69) is 15.0 Å². The summed E-state index contributed by atoms with van der Waals surface area (Å²) >= 11 is 1.19. The van der Waals surface area contributed by atoms with Gasteiger partial charge in [0, 0.05) is 17.5 Å². The summed E-state index contributed by atoms with van der Waals surface area (Å²) in [6.45, 7) is 9.23. The van der Waals surface area contributed by atoms with E-state index in [0.29, 0.717) is 39.8 Å². The number of esters is 1. The van der Waals surface area contributed by atoms with E-state index < -0.39 is 11.2 Å². The number of aromatic nitrogens is 3. The molecule has 2 N–H and O–H groups in total. The molecular weight excluding hydrogens is 366 g/mol. The summed E-state index contributed by atoms with van der Waals surface area (Å²) in [6, 6.07) is 1.48. The number of ketones is 1. The number of H-pyrrole nitrogens is 2. The number of ether oxygens (including phenoxy) is 1. The van der Waals surface area contributed by atoms with Crippen LogP contribution in [0.3, 0.4) is 0 Å². The maximum atomic E-state index is 12.9. The molecule has 2 rings (SSSR count). The SMILES string of the molecule is CCCc1cc(=O)[nH]c(S[C@@H](C)C(=O)c2[nH]c(C)c(C(=O)OCC)c2C)n1. The Morgan fingerprint density at radius 3 is 2.59 bits per heavy atom. The van der Waals surface area contributed by atoms with E-state index in [1.807, 2.05) is 6.92 Å². The summed E-state index contributed by atoms with van der Waals surface area (Å²) in [6.07, 6.45) is 1.59.